The van der Waals surface area contributed by atoms with Gasteiger partial charge >= 0.3 is 0 Å². The fraction of sp³-hybridized carbons (Fsp3) is 0.571. The zero-order chi connectivity index (χ0) is 19.4. The van der Waals surface area contributed by atoms with E-state index in [4.69, 9.17) is 0 Å². The van der Waals surface area contributed by atoms with Crippen LogP contribution >= 0.6 is 11.8 Å². The van der Waals surface area contributed by atoms with Crippen LogP contribution in [-0.4, -0.2) is 43.9 Å². The number of hydrogen-bond donors (Lipinski definition) is 0. The molecule has 1 aromatic carbocycles. The Morgan fingerprint density at radius 2 is 2.04 bits per heavy atom. The first-order valence-corrected chi connectivity index (χ1v) is 10.8. The third-order valence-electron chi connectivity index (χ3n) is 5.41. The number of benzene rings is 1. The molecule has 27 heavy (non-hydrogen) atoms. The van der Waals surface area contributed by atoms with Gasteiger partial charge in [0.15, 0.2) is 11.0 Å². The number of nitrogens with zero attached hydrogens (tertiary/aromatic N) is 4. The van der Waals surface area contributed by atoms with Crippen molar-refractivity contribution in [2.24, 2.45) is 0 Å². The van der Waals surface area contributed by atoms with Crippen molar-refractivity contribution in [3.8, 4) is 11.4 Å². The lowest BCUT2D eigenvalue weighted by Gasteiger charge is -2.32. The van der Waals surface area contributed by atoms with Gasteiger partial charge in [0.2, 0.25) is 5.91 Å². The van der Waals surface area contributed by atoms with Gasteiger partial charge in [-0.2, -0.15) is 0 Å². The SMILES string of the molecule is CCn1c(SC(C)C(=O)N(C)C2CCCCC2)nnc1-c1cccc(C)c1. The van der Waals surface area contributed by atoms with Crippen LogP contribution in [-0.2, 0) is 11.3 Å². The highest BCUT2D eigenvalue weighted by atomic mass is 32.2. The highest BCUT2D eigenvalue weighted by molar-refractivity contribution is 8.00. The summed E-state index contributed by atoms with van der Waals surface area (Å²) < 4.78 is 2.10. The summed E-state index contributed by atoms with van der Waals surface area (Å²) in [4.78, 5) is 14.9. The molecule has 0 spiro atoms. The zero-order valence-corrected chi connectivity index (χ0v) is 17.6. The highest BCUT2D eigenvalue weighted by Gasteiger charge is 2.27. The molecule has 3 rings (SSSR count). The Morgan fingerprint density at radius 1 is 1.30 bits per heavy atom. The molecule has 146 valence electrons. The fourth-order valence-electron chi connectivity index (χ4n) is 3.80. The summed E-state index contributed by atoms with van der Waals surface area (Å²) in [5.74, 6) is 1.05. The molecule has 5 nitrogen and oxygen atoms in total. The van der Waals surface area contributed by atoms with Gasteiger partial charge in [-0.05, 0) is 39.7 Å². The van der Waals surface area contributed by atoms with E-state index in [1.54, 1.807) is 0 Å². The summed E-state index contributed by atoms with van der Waals surface area (Å²) in [6.07, 6.45) is 6.01. The molecule has 1 saturated carbocycles. The Kier molecular flexibility index (Phi) is 6.58. The van der Waals surface area contributed by atoms with Gasteiger partial charge in [-0.15, -0.1) is 10.2 Å². The van der Waals surface area contributed by atoms with E-state index in [9.17, 15) is 4.79 Å². The Morgan fingerprint density at radius 3 is 2.70 bits per heavy atom. The van der Waals surface area contributed by atoms with Gasteiger partial charge < -0.3 is 9.47 Å². The van der Waals surface area contributed by atoms with E-state index in [1.165, 1.54) is 36.6 Å². The minimum absolute atomic E-state index is 0.170. The van der Waals surface area contributed by atoms with Crippen LogP contribution in [0.1, 0.15) is 51.5 Å². The lowest BCUT2D eigenvalue weighted by atomic mass is 9.94. The van der Waals surface area contributed by atoms with Crippen LogP contribution in [0.5, 0.6) is 0 Å². The zero-order valence-electron chi connectivity index (χ0n) is 16.8. The molecule has 1 atom stereocenters. The first kappa shape index (κ1) is 19.9. The molecule has 1 aliphatic carbocycles. The monoisotopic (exact) mass is 386 g/mol. The van der Waals surface area contributed by atoms with E-state index in [0.717, 1.165) is 35.9 Å². The highest BCUT2D eigenvalue weighted by Crippen LogP contribution is 2.29. The van der Waals surface area contributed by atoms with Gasteiger partial charge in [-0.1, -0.05) is 54.8 Å². The summed E-state index contributed by atoms with van der Waals surface area (Å²) in [5, 5.41) is 9.45. The lowest BCUT2D eigenvalue weighted by Crippen LogP contribution is -2.42. The molecule has 1 heterocycles. The van der Waals surface area contributed by atoms with Crippen LogP contribution in [0, 0.1) is 6.92 Å². The van der Waals surface area contributed by atoms with Crippen LogP contribution in [0.4, 0.5) is 0 Å². The van der Waals surface area contributed by atoms with Crippen LogP contribution in [0.2, 0.25) is 0 Å². The van der Waals surface area contributed by atoms with Gasteiger partial charge in [0.05, 0.1) is 5.25 Å². The molecule has 0 N–H and O–H groups in total. The minimum Gasteiger partial charge on any atom is -0.342 e. The topological polar surface area (TPSA) is 51.0 Å². The van der Waals surface area contributed by atoms with Gasteiger partial charge in [-0.25, -0.2) is 0 Å². The van der Waals surface area contributed by atoms with E-state index < -0.39 is 0 Å². The lowest BCUT2D eigenvalue weighted by molar-refractivity contribution is -0.131. The third kappa shape index (κ3) is 4.54. The van der Waals surface area contributed by atoms with Crippen molar-refractivity contribution in [1.82, 2.24) is 19.7 Å². The molecular formula is C21H30N4OS. The second-order valence-electron chi connectivity index (χ2n) is 7.42. The van der Waals surface area contributed by atoms with Gasteiger partial charge in [0, 0.05) is 25.2 Å². The van der Waals surface area contributed by atoms with Crippen molar-refractivity contribution < 1.29 is 4.79 Å². The van der Waals surface area contributed by atoms with Crippen LogP contribution in [0.25, 0.3) is 11.4 Å². The summed E-state index contributed by atoms with van der Waals surface area (Å²) in [5.41, 5.74) is 2.26. The van der Waals surface area contributed by atoms with E-state index in [-0.39, 0.29) is 11.2 Å². The Hall–Kier alpha value is -1.82. The predicted molar refractivity (Wildman–Crippen MR) is 111 cm³/mol. The first-order chi connectivity index (χ1) is 13.0. The molecule has 0 aliphatic heterocycles. The molecule has 0 bridgehead atoms. The Balaban J connectivity index is 1.74. The van der Waals surface area contributed by atoms with Crippen LogP contribution in [0.15, 0.2) is 29.4 Å². The third-order valence-corrected chi connectivity index (χ3v) is 6.48. The molecule has 1 aliphatic rings. The Bertz CT molecular complexity index is 782. The van der Waals surface area contributed by atoms with Gasteiger partial charge in [0.1, 0.15) is 0 Å². The van der Waals surface area contributed by atoms with Crippen molar-refractivity contribution in [3.05, 3.63) is 29.8 Å². The number of thioether (sulfide) groups is 1. The molecule has 0 saturated heterocycles. The molecular weight excluding hydrogens is 356 g/mol. The number of carbonyl (C=O) groups is 1. The molecule has 1 amide bonds. The van der Waals surface area contributed by atoms with Gasteiger partial charge in [-0.3, -0.25) is 4.79 Å². The normalized spacial score (nSPS) is 16.3. The standard InChI is InChI=1S/C21H30N4OS/c1-5-25-19(17-11-9-10-15(2)14-17)22-23-21(25)27-16(3)20(26)24(4)18-12-7-6-8-13-18/h9-11,14,16,18H,5-8,12-13H2,1-4H3. The summed E-state index contributed by atoms with van der Waals surface area (Å²) in [6.45, 7) is 6.92. The first-order valence-electron chi connectivity index (χ1n) is 9.94. The second-order valence-corrected chi connectivity index (χ2v) is 8.73. The molecule has 1 aromatic heterocycles. The van der Waals surface area contributed by atoms with E-state index in [0.29, 0.717) is 6.04 Å². The number of hydrogen-bond acceptors (Lipinski definition) is 4. The largest absolute Gasteiger partial charge is 0.342 e. The molecule has 2 aromatic rings. The fourth-order valence-corrected chi connectivity index (χ4v) is 4.82. The summed E-state index contributed by atoms with van der Waals surface area (Å²) in [6, 6.07) is 8.69. The van der Waals surface area contributed by atoms with Crippen molar-refractivity contribution in [3.63, 3.8) is 0 Å². The number of aryl methyl sites for hydroxylation is 1. The Labute approximate surface area is 166 Å². The average Bonchev–Trinajstić information content (AvgIpc) is 3.10. The maximum atomic E-state index is 12.9. The number of amides is 1. The maximum Gasteiger partial charge on any atom is 0.235 e. The number of aromatic nitrogens is 3. The van der Waals surface area contributed by atoms with Crippen molar-refractivity contribution in [2.75, 3.05) is 7.05 Å². The number of rotatable bonds is 6. The van der Waals surface area contributed by atoms with Crippen LogP contribution in [0.3, 0.4) is 0 Å². The molecule has 0 radical (unpaired) electrons. The quantitative estimate of drug-likeness (QED) is 0.684. The molecule has 6 heteroatoms. The van der Waals surface area contributed by atoms with Crippen LogP contribution < -0.4 is 0 Å². The average molecular weight is 387 g/mol. The van der Waals surface area contributed by atoms with Crippen molar-refractivity contribution >= 4 is 17.7 Å². The number of carbonyl (C=O) groups excluding carboxylic acids is 1. The van der Waals surface area contributed by atoms with Crippen molar-refractivity contribution in [1.29, 1.82) is 0 Å². The molecule has 1 unspecified atom stereocenters. The smallest absolute Gasteiger partial charge is 0.235 e. The van der Waals surface area contributed by atoms with E-state index >= 15 is 0 Å². The maximum absolute atomic E-state index is 12.9. The van der Waals surface area contributed by atoms with E-state index in [1.807, 2.05) is 24.9 Å². The van der Waals surface area contributed by atoms with E-state index in [2.05, 4.69) is 46.8 Å². The van der Waals surface area contributed by atoms with Crippen molar-refractivity contribution in [2.45, 2.75) is 75.9 Å². The predicted octanol–water partition coefficient (Wildman–Crippen LogP) is 4.55. The molecule has 1 fully saturated rings. The van der Waals surface area contributed by atoms with Gasteiger partial charge in [0.25, 0.3) is 0 Å². The summed E-state index contributed by atoms with van der Waals surface area (Å²) in [7, 11) is 1.96. The minimum atomic E-state index is -0.170. The second kappa shape index (κ2) is 8.91. The summed E-state index contributed by atoms with van der Waals surface area (Å²) >= 11 is 1.51.